The van der Waals surface area contributed by atoms with E-state index < -0.39 is 6.10 Å². The Morgan fingerprint density at radius 1 is 1.56 bits per heavy atom. The summed E-state index contributed by atoms with van der Waals surface area (Å²) in [5.41, 5.74) is 5.51. The molecule has 0 fully saturated rings. The van der Waals surface area contributed by atoms with Crippen molar-refractivity contribution >= 4 is 37.7 Å². The smallest absolute Gasteiger partial charge is 0.180 e. The molecule has 3 N–H and O–H groups in total. The van der Waals surface area contributed by atoms with Gasteiger partial charge in [-0.3, -0.25) is 0 Å². The van der Waals surface area contributed by atoms with Gasteiger partial charge in [0.05, 0.1) is 4.47 Å². The second-order valence-corrected chi connectivity index (χ2v) is 4.88. The molecule has 1 rings (SSSR count). The molecule has 0 saturated heterocycles. The lowest BCUT2D eigenvalue weighted by molar-refractivity contribution is 0.245. The minimum absolute atomic E-state index is 0.0670. The predicted molar refractivity (Wildman–Crippen MR) is 70.0 cm³/mol. The minimum atomic E-state index is -0.428. The molecule has 1 atom stereocenters. The number of hydrogen-bond acceptors (Lipinski definition) is 3. The van der Waals surface area contributed by atoms with Crippen LogP contribution in [0.1, 0.15) is 13.3 Å². The van der Waals surface area contributed by atoms with Gasteiger partial charge in [-0.05, 0) is 40.5 Å². The zero-order chi connectivity index (χ0) is 12.1. The molecule has 0 bridgehead atoms. The number of benzene rings is 1. The Morgan fingerprint density at radius 2 is 2.25 bits per heavy atom. The lowest BCUT2D eigenvalue weighted by atomic mass is 10.2. The van der Waals surface area contributed by atoms with Crippen molar-refractivity contribution < 1.29 is 9.94 Å². The van der Waals surface area contributed by atoms with Gasteiger partial charge in [-0.15, -0.1) is 0 Å². The second-order valence-electron chi connectivity index (χ2n) is 3.11. The number of rotatable bonds is 4. The van der Waals surface area contributed by atoms with Gasteiger partial charge >= 0.3 is 0 Å². The van der Waals surface area contributed by atoms with Crippen molar-refractivity contribution in [2.45, 2.75) is 19.4 Å². The average molecular weight is 352 g/mol. The molecular weight excluding hydrogens is 340 g/mol. The van der Waals surface area contributed by atoms with Crippen LogP contribution in [0.25, 0.3) is 0 Å². The SMILES string of the molecule is CCC(Oc1ccc(Br)cc1Br)C(N)=NO. The van der Waals surface area contributed by atoms with E-state index in [2.05, 4.69) is 37.0 Å². The van der Waals surface area contributed by atoms with Crippen LogP contribution in [0, 0.1) is 0 Å². The quantitative estimate of drug-likeness (QED) is 0.379. The standard InChI is InChI=1S/C10H12Br2N2O2/c1-2-8(10(13)14-15)16-9-4-3-6(11)5-7(9)12/h3-5,8,15H,2H2,1H3,(H2,13,14). The molecule has 0 saturated carbocycles. The topological polar surface area (TPSA) is 67.8 Å². The summed E-state index contributed by atoms with van der Waals surface area (Å²) in [6.45, 7) is 1.90. The van der Waals surface area contributed by atoms with Gasteiger partial charge in [0.15, 0.2) is 11.9 Å². The lowest BCUT2D eigenvalue weighted by Gasteiger charge is -2.17. The lowest BCUT2D eigenvalue weighted by Crippen LogP contribution is -2.33. The number of nitrogens with two attached hydrogens (primary N) is 1. The van der Waals surface area contributed by atoms with Gasteiger partial charge in [-0.2, -0.15) is 0 Å². The minimum Gasteiger partial charge on any atom is -0.481 e. The van der Waals surface area contributed by atoms with Crippen molar-refractivity contribution in [1.29, 1.82) is 0 Å². The summed E-state index contributed by atoms with van der Waals surface area (Å²) in [4.78, 5) is 0. The fourth-order valence-electron chi connectivity index (χ4n) is 1.14. The van der Waals surface area contributed by atoms with Gasteiger partial charge in [-0.25, -0.2) is 0 Å². The Balaban J connectivity index is 2.86. The van der Waals surface area contributed by atoms with Gasteiger partial charge in [0.1, 0.15) is 5.75 Å². The number of ether oxygens (including phenoxy) is 1. The summed E-state index contributed by atoms with van der Waals surface area (Å²) < 4.78 is 7.38. The molecule has 0 radical (unpaired) electrons. The highest BCUT2D eigenvalue weighted by atomic mass is 79.9. The molecule has 16 heavy (non-hydrogen) atoms. The number of halogens is 2. The predicted octanol–water partition coefficient (Wildman–Crippen LogP) is 3.12. The first-order valence-electron chi connectivity index (χ1n) is 4.67. The van der Waals surface area contributed by atoms with E-state index in [-0.39, 0.29) is 5.84 Å². The Morgan fingerprint density at radius 3 is 2.75 bits per heavy atom. The summed E-state index contributed by atoms with van der Waals surface area (Å²) in [5, 5.41) is 11.5. The van der Waals surface area contributed by atoms with E-state index in [9.17, 15) is 0 Å². The summed E-state index contributed by atoms with van der Waals surface area (Å²) in [5.74, 6) is 0.721. The van der Waals surface area contributed by atoms with Crippen LogP contribution < -0.4 is 10.5 Å². The van der Waals surface area contributed by atoms with E-state index in [1.807, 2.05) is 25.1 Å². The molecule has 0 amide bonds. The normalized spacial score (nSPS) is 13.6. The fourth-order valence-corrected chi connectivity index (χ4v) is 2.28. The number of hydrogen-bond donors (Lipinski definition) is 2. The molecule has 88 valence electrons. The van der Waals surface area contributed by atoms with Crippen LogP contribution in [0.4, 0.5) is 0 Å². The van der Waals surface area contributed by atoms with Crippen LogP contribution in [-0.2, 0) is 0 Å². The molecule has 1 unspecified atom stereocenters. The molecule has 0 aliphatic rings. The summed E-state index contributed by atoms with van der Waals surface area (Å²) in [7, 11) is 0. The van der Waals surface area contributed by atoms with E-state index in [1.54, 1.807) is 0 Å². The highest BCUT2D eigenvalue weighted by Crippen LogP contribution is 2.29. The Labute approximate surface area is 111 Å². The molecule has 0 aliphatic carbocycles. The van der Waals surface area contributed by atoms with Gasteiger partial charge in [0.25, 0.3) is 0 Å². The van der Waals surface area contributed by atoms with Crippen molar-refractivity contribution in [2.75, 3.05) is 0 Å². The van der Waals surface area contributed by atoms with Crippen LogP contribution in [0.3, 0.4) is 0 Å². The molecule has 0 aliphatic heterocycles. The van der Waals surface area contributed by atoms with Crippen molar-refractivity contribution in [3.63, 3.8) is 0 Å². The van der Waals surface area contributed by atoms with Gasteiger partial charge in [-0.1, -0.05) is 28.0 Å². The second kappa shape index (κ2) is 6.10. The first-order chi connectivity index (χ1) is 7.58. The molecule has 4 nitrogen and oxygen atoms in total. The summed E-state index contributed by atoms with van der Waals surface area (Å²) in [6, 6.07) is 5.54. The highest BCUT2D eigenvalue weighted by molar-refractivity contribution is 9.11. The van der Waals surface area contributed by atoms with E-state index in [1.165, 1.54) is 0 Å². The van der Waals surface area contributed by atoms with E-state index in [4.69, 9.17) is 15.7 Å². The van der Waals surface area contributed by atoms with Crippen molar-refractivity contribution in [2.24, 2.45) is 10.9 Å². The maximum Gasteiger partial charge on any atom is 0.180 e. The first-order valence-corrected chi connectivity index (χ1v) is 6.26. The van der Waals surface area contributed by atoms with Crippen molar-refractivity contribution in [3.8, 4) is 5.75 Å². The van der Waals surface area contributed by atoms with Crippen LogP contribution in [0.5, 0.6) is 5.75 Å². The molecule has 1 aromatic carbocycles. The summed E-state index contributed by atoms with van der Waals surface area (Å²) >= 11 is 6.73. The monoisotopic (exact) mass is 350 g/mol. The first kappa shape index (κ1) is 13.3. The van der Waals surface area contributed by atoms with Crippen LogP contribution in [0.2, 0.25) is 0 Å². The van der Waals surface area contributed by atoms with Crippen LogP contribution >= 0.6 is 31.9 Å². The zero-order valence-electron chi connectivity index (χ0n) is 8.65. The third-order valence-corrected chi connectivity index (χ3v) is 3.09. The maximum atomic E-state index is 8.59. The molecule has 6 heteroatoms. The average Bonchev–Trinajstić information content (AvgIpc) is 2.27. The van der Waals surface area contributed by atoms with Gasteiger partial charge < -0.3 is 15.7 Å². The summed E-state index contributed by atoms with van der Waals surface area (Å²) in [6.07, 6.45) is 0.195. The molecule has 0 heterocycles. The molecule has 0 aromatic heterocycles. The van der Waals surface area contributed by atoms with Gasteiger partial charge in [0.2, 0.25) is 0 Å². The maximum absolute atomic E-state index is 8.59. The number of amidine groups is 1. The zero-order valence-corrected chi connectivity index (χ0v) is 11.8. The van der Waals surface area contributed by atoms with Crippen molar-refractivity contribution in [3.05, 3.63) is 27.1 Å². The van der Waals surface area contributed by atoms with Gasteiger partial charge in [0, 0.05) is 4.47 Å². The largest absolute Gasteiger partial charge is 0.481 e. The van der Waals surface area contributed by atoms with E-state index >= 15 is 0 Å². The Kier molecular flexibility index (Phi) is 5.08. The third-order valence-electron chi connectivity index (χ3n) is 1.98. The van der Waals surface area contributed by atoms with Crippen LogP contribution in [0.15, 0.2) is 32.3 Å². The molecule has 1 aromatic rings. The highest BCUT2D eigenvalue weighted by Gasteiger charge is 2.15. The van der Waals surface area contributed by atoms with E-state index in [0.29, 0.717) is 12.2 Å². The Hall–Kier alpha value is -0.750. The van der Waals surface area contributed by atoms with Crippen LogP contribution in [-0.4, -0.2) is 17.1 Å². The fraction of sp³-hybridized carbons (Fsp3) is 0.300. The number of nitrogens with zero attached hydrogens (tertiary/aromatic N) is 1. The molecular formula is C10H12Br2N2O2. The van der Waals surface area contributed by atoms with Crippen molar-refractivity contribution in [1.82, 2.24) is 0 Å². The van der Waals surface area contributed by atoms with E-state index in [0.717, 1.165) is 8.95 Å². The number of oxime groups is 1. The molecule has 0 spiro atoms. The third kappa shape index (κ3) is 3.38. The Bertz CT molecular complexity index is 396.